The number of hydrogen-bond acceptors (Lipinski definition) is 2. The molecule has 0 saturated heterocycles. The predicted molar refractivity (Wildman–Crippen MR) is 52.4 cm³/mol. The minimum absolute atomic E-state index is 0. The minimum Gasteiger partial charge on any atom is -0.404 e. The van der Waals surface area contributed by atoms with Crippen molar-refractivity contribution >= 4 is 34.0 Å². The number of halogens is 6. The molecule has 0 atom stereocenters. The van der Waals surface area contributed by atoms with Crippen LogP contribution < -0.4 is 10.5 Å². The maximum Gasteiger partial charge on any atom is 0.573 e. The van der Waals surface area contributed by atoms with Gasteiger partial charge in [0.1, 0.15) is 5.82 Å². The Hall–Kier alpha value is -0.690. The molecule has 2 nitrogen and oxygen atoms in total. The summed E-state index contributed by atoms with van der Waals surface area (Å²) >= 11 is 2.71. The summed E-state index contributed by atoms with van der Waals surface area (Å²) in [6.07, 6.45) is -4.84. The minimum atomic E-state index is -4.84. The second-order valence-corrected chi connectivity index (χ2v) is 3.21. The van der Waals surface area contributed by atoms with E-state index in [-0.39, 0.29) is 16.9 Å². The molecule has 2 N–H and O–H groups in total. The van der Waals surface area contributed by atoms with Crippen LogP contribution in [0.5, 0.6) is 5.75 Å². The molecule has 1 rings (SSSR count). The van der Waals surface area contributed by atoms with Gasteiger partial charge in [-0.1, -0.05) is 0 Å². The van der Waals surface area contributed by atoms with Gasteiger partial charge in [-0.3, -0.25) is 0 Å². The van der Waals surface area contributed by atoms with Gasteiger partial charge in [-0.2, -0.15) is 0 Å². The molecular formula is C7H5BrClF4NO. The molecule has 0 aromatic heterocycles. The summed E-state index contributed by atoms with van der Waals surface area (Å²) in [5, 5.41) is 0. The lowest BCUT2D eigenvalue weighted by atomic mass is 10.3. The Morgan fingerprint density at radius 1 is 1.27 bits per heavy atom. The zero-order chi connectivity index (χ0) is 10.9. The average Bonchev–Trinajstić information content (AvgIpc) is 1.97. The van der Waals surface area contributed by atoms with Crippen LogP contribution in [0.1, 0.15) is 0 Å². The van der Waals surface area contributed by atoms with Crippen LogP contribution >= 0.6 is 28.3 Å². The predicted octanol–water partition coefficient (Wildman–Crippen LogP) is 3.49. The topological polar surface area (TPSA) is 35.2 Å². The third-order valence-electron chi connectivity index (χ3n) is 1.28. The molecule has 0 aliphatic heterocycles. The zero-order valence-corrected chi connectivity index (χ0v) is 9.34. The highest BCUT2D eigenvalue weighted by Crippen LogP contribution is 2.32. The Labute approximate surface area is 96.9 Å². The van der Waals surface area contributed by atoms with Gasteiger partial charge in [-0.15, -0.1) is 25.6 Å². The number of alkyl halides is 3. The number of benzene rings is 1. The van der Waals surface area contributed by atoms with Crippen molar-refractivity contribution in [2.24, 2.45) is 0 Å². The number of rotatable bonds is 1. The van der Waals surface area contributed by atoms with Gasteiger partial charge in [0.05, 0.1) is 10.2 Å². The quantitative estimate of drug-likeness (QED) is 0.636. The van der Waals surface area contributed by atoms with E-state index in [2.05, 4.69) is 20.7 Å². The van der Waals surface area contributed by atoms with E-state index in [1.165, 1.54) is 0 Å². The first kappa shape index (κ1) is 14.3. The highest BCUT2D eigenvalue weighted by Gasteiger charge is 2.32. The highest BCUT2D eigenvalue weighted by atomic mass is 79.9. The maximum absolute atomic E-state index is 12.7. The number of nitrogen functional groups attached to an aromatic ring is 1. The molecule has 1 aromatic carbocycles. The number of nitrogens with two attached hydrogens (primary N) is 1. The van der Waals surface area contributed by atoms with E-state index in [0.717, 1.165) is 12.1 Å². The van der Waals surface area contributed by atoms with E-state index in [1.807, 2.05) is 0 Å². The summed E-state index contributed by atoms with van der Waals surface area (Å²) in [7, 11) is 0. The molecule has 0 fully saturated rings. The molecule has 0 radical (unpaired) electrons. The molecule has 15 heavy (non-hydrogen) atoms. The summed E-state index contributed by atoms with van der Waals surface area (Å²) in [5.74, 6) is -1.39. The largest absolute Gasteiger partial charge is 0.573 e. The lowest BCUT2D eigenvalue weighted by Gasteiger charge is -2.11. The van der Waals surface area contributed by atoms with Gasteiger partial charge in [0.15, 0.2) is 5.75 Å². The SMILES string of the molecule is Cl.Nc1cc(F)c(Br)cc1OC(F)(F)F. The van der Waals surface area contributed by atoms with Crippen LogP contribution in [-0.4, -0.2) is 6.36 Å². The van der Waals surface area contributed by atoms with Gasteiger partial charge in [0.25, 0.3) is 0 Å². The molecule has 0 heterocycles. The van der Waals surface area contributed by atoms with Crippen molar-refractivity contribution in [3.8, 4) is 5.75 Å². The zero-order valence-electron chi connectivity index (χ0n) is 6.94. The molecule has 0 saturated carbocycles. The summed E-state index contributed by atoms with van der Waals surface area (Å²) in [6, 6.07) is 1.56. The number of hydrogen-bond donors (Lipinski definition) is 1. The second kappa shape index (κ2) is 4.89. The fraction of sp³-hybridized carbons (Fsp3) is 0.143. The second-order valence-electron chi connectivity index (χ2n) is 2.35. The van der Waals surface area contributed by atoms with E-state index >= 15 is 0 Å². The Bertz CT molecular complexity index is 358. The molecule has 1 aromatic rings. The molecule has 0 amide bonds. The lowest BCUT2D eigenvalue weighted by Crippen LogP contribution is -2.18. The van der Waals surface area contributed by atoms with Crippen molar-refractivity contribution in [1.82, 2.24) is 0 Å². The first-order valence-electron chi connectivity index (χ1n) is 3.30. The van der Waals surface area contributed by atoms with Gasteiger partial charge in [0.2, 0.25) is 0 Å². The van der Waals surface area contributed by atoms with Crippen LogP contribution in [0, 0.1) is 5.82 Å². The molecule has 0 aliphatic carbocycles. The molecular weight excluding hydrogens is 305 g/mol. The Kier molecular flexibility index (Phi) is 4.66. The van der Waals surface area contributed by atoms with Crippen LogP contribution in [0.2, 0.25) is 0 Å². The summed E-state index contributed by atoms with van der Waals surface area (Å²) in [5.41, 5.74) is 4.70. The van der Waals surface area contributed by atoms with Crippen molar-refractivity contribution in [3.63, 3.8) is 0 Å². The van der Waals surface area contributed by atoms with Crippen LogP contribution in [0.15, 0.2) is 16.6 Å². The van der Waals surface area contributed by atoms with Crippen LogP contribution in [-0.2, 0) is 0 Å². The fourth-order valence-electron chi connectivity index (χ4n) is 0.757. The highest BCUT2D eigenvalue weighted by molar-refractivity contribution is 9.10. The van der Waals surface area contributed by atoms with Gasteiger partial charge in [0, 0.05) is 6.07 Å². The first-order valence-corrected chi connectivity index (χ1v) is 4.09. The fourth-order valence-corrected chi connectivity index (χ4v) is 1.08. The Balaban J connectivity index is 0.00000196. The molecule has 8 heteroatoms. The van der Waals surface area contributed by atoms with E-state index in [0.29, 0.717) is 0 Å². The van der Waals surface area contributed by atoms with Gasteiger partial charge >= 0.3 is 6.36 Å². The van der Waals surface area contributed by atoms with Crippen LogP contribution in [0.3, 0.4) is 0 Å². The average molecular weight is 310 g/mol. The third kappa shape index (κ3) is 4.13. The summed E-state index contributed by atoms with van der Waals surface area (Å²) < 4.78 is 51.4. The maximum atomic E-state index is 12.7. The molecule has 86 valence electrons. The van der Waals surface area contributed by atoms with Crippen molar-refractivity contribution in [1.29, 1.82) is 0 Å². The summed E-state index contributed by atoms with van der Waals surface area (Å²) in [6.45, 7) is 0. The number of ether oxygens (including phenoxy) is 1. The standard InChI is InChI=1S/C7H4BrF4NO.ClH/c8-3-1-6(14-7(10,11)12)5(13)2-4(3)9;/h1-2H,13H2;1H. The monoisotopic (exact) mass is 309 g/mol. The van der Waals surface area contributed by atoms with E-state index in [9.17, 15) is 17.6 Å². The molecule has 0 aliphatic rings. The van der Waals surface area contributed by atoms with Crippen LogP contribution in [0.4, 0.5) is 23.2 Å². The molecule has 0 spiro atoms. The normalized spacial score (nSPS) is 10.7. The third-order valence-corrected chi connectivity index (χ3v) is 1.89. The molecule has 0 bridgehead atoms. The summed E-state index contributed by atoms with van der Waals surface area (Å²) in [4.78, 5) is 0. The first-order chi connectivity index (χ1) is 6.29. The van der Waals surface area contributed by atoms with Gasteiger partial charge < -0.3 is 10.5 Å². The van der Waals surface area contributed by atoms with Gasteiger partial charge in [-0.25, -0.2) is 4.39 Å². The van der Waals surface area contributed by atoms with Crippen molar-refractivity contribution < 1.29 is 22.3 Å². The van der Waals surface area contributed by atoms with E-state index < -0.39 is 23.6 Å². The Morgan fingerprint density at radius 2 is 1.80 bits per heavy atom. The van der Waals surface area contributed by atoms with E-state index in [4.69, 9.17) is 5.73 Å². The Morgan fingerprint density at radius 3 is 2.27 bits per heavy atom. The van der Waals surface area contributed by atoms with Crippen molar-refractivity contribution in [2.45, 2.75) is 6.36 Å². The van der Waals surface area contributed by atoms with E-state index in [1.54, 1.807) is 0 Å². The van der Waals surface area contributed by atoms with Crippen molar-refractivity contribution in [2.75, 3.05) is 5.73 Å². The smallest absolute Gasteiger partial charge is 0.404 e. The lowest BCUT2D eigenvalue weighted by molar-refractivity contribution is -0.274. The van der Waals surface area contributed by atoms with Crippen molar-refractivity contribution in [3.05, 3.63) is 22.4 Å². The van der Waals surface area contributed by atoms with Gasteiger partial charge in [-0.05, 0) is 22.0 Å². The van der Waals surface area contributed by atoms with Crippen LogP contribution in [0.25, 0.3) is 0 Å². The molecule has 0 unspecified atom stereocenters. The number of anilines is 1.